The number of rotatable bonds is 1. The molecular weight excluding hydrogens is 374 g/mol. The lowest BCUT2D eigenvalue weighted by Crippen LogP contribution is -2.78. The Labute approximate surface area is 169 Å². The molecule has 29 heavy (non-hydrogen) atoms. The van der Waals surface area contributed by atoms with E-state index in [-0.39, 0.29) is 24.0 Å². The average Bonchev–Trinajstić information content (AvgIpc) is 2.92. The number of hydrogen-bond acceptors (Lipinski definition) is 7. The van der Waals surface area contributed by atoms with Crippen molar-refractivity contribution >= 4 is 5.97 Å². The van der Waals surface area contributed by atoms with Crippen LogP contribution >= 0.6 is 0 Å². The van der Waals surface area contributed by atoms with Crippen LogP contribution in [0.25, 0.3) is 0 Å². The molecule has 0 radical (unpaired) electrons. The molecule has 9 fully saturated rings. The number of nitrogens with zero attached hydrogens (tertiary/aromatic N) is 1. The molecule has 6 aliphatic carbocycles. The Hall–Kier alpha value is -0.990. The molecular formula is C22H29NO6. The molecule has 9 bridgehead atoms. The van der Waals surface area contributed by atoms with Gasteiger partial charge >= 0.3 is 5.97 Å². The average molecular weight is 403 g/mol. The van der Waals surface area contributed by atoms with Crippen LogP contribution in [0.4, 0.5) is 0 Å². The third-order valence-electron chi connectivity index (χ3n) is 10.9. The first-order chi connectivity index (χ1) is 13.5. The van der Waals surface area contributed by atoms with Crippen molar-refractivity contribution in [3.63, 3.8) is 0 Å². The number of fused-ring (bicyclic) bond motifs is 1. The number of carbonyl (C=O) groups excluding carboxylic acids is 1. The number of aliphatic hydroxyl groups is 4. The van der Waals surface area contributed by atoms with Gasteiger partial charge in [-0.1, -0.05) is 19.1 Å². The molecule has 6 saturated carbocycles. The van der Waals surface area contributed by atoms with Crippen LogP contribution < -0.4 is 0 Å². The Morgan fingerprint density at radius 3 is 2.66 bits per heavy atom. The van der Waals surface area contributed by atoms with Crippen molar-refractivity contribution in [2.45, 2.75) is 81.1 Å². The molecule has 3 heterocycles. The van der Waals surface area contributed by atoms with Crippen LogP contribution in [-0.2, 0) is 9.53 Å². The minimum atomic E-state index is -1.39. The first-order valence-electron chi connectivity index (χ1n) is 10.9. The SMILES string of the molecule is C=C1CC23CC4N5CC6(C)CC(OC(C)=O)CC7(C2C(O)C1C(O)C3(O)C57)C46O. The van der Waals surface area contributed by atoms with Gasteiger partial charge in [-0.05, 0) is 25.7 Å². The summed E-state index contributed by atoms with van der Waals surface area (Å²) in [4.78, 5) is 14.0. The predicted molar refractivity (Wildman–Crippen MR) is 99.3 cm³/mol. The summed E-state index contributed by atoms with van der Waals surface area (Å²) >= 11 is 0. The van der Waals surface area contributed by atoms with Gasteiger partial charge in [-0.3, -0.25) is 9.69 Å². The molecule has 9 rings (SSSR count). The van der Waals surface area contributed by atoms with Gasteiger partial charge in [-0.2, -0.15) is 0 Å². The van der Waals surface area contributed by atoms with Crippen LogP contribution in [-0.4, -0.2) is 79.4 Å². The van der Waals surface area contributed by atoms with E-state index in [0.717, 1.165) is 5.57 Å². The predicted octanol–water partition coefficient (Wildman–Crippen LogP) is -0.435. The summed E-state index contributed by atoms with van der Waals surface area (Å²) in [6, 6.07) is -0.535. The fraction of sp³-hybridized carbons (Fsp3) is 0.864. The van der Waals surface area contributed by atoms with E-state index >= 15 is 0 Å². The minimum absolute atomic E-state index is 0.103. The molecule has 7 nitrogen and oxygen atoms in total. The van der Waals surface area contributed by atoms with Crippen LogP contribution in [0.15, 0.2) is 12.2 Å². The smallest absolute Gasteiger partial charge is 0.302 e. The molecule has 2 spiro atoms. The minimum Gasteiger partial charge on any atom is -0.463 e. The summed E-state index contributed by atoms with van der Waals surface area (Å²) in [5.41, 5.74) is -3.61. The molecule has 9 aliphatic rings. The van der Waals surface area contributed by atoms with Gasteiger partial charge in [0, 0.05) is 47.6 Å². The molecule has 3 aliphatic heterocycles. The highest BCUT2D eigenvalue weighted by Crippen LogP contribution is 2.89. The number of piperidine rings is 2. The fourth-order valence-electron chi connectivity index (χ4n) is 10.8. The quantitative estimate of drug-likeness (QED) is 0.347. The second-order valence-electron chi connectivity index (χ2n) is 11.6. The summed E-state index contributed by atoms with van der Waals surface area (Å²) < 4.78 is 5.69. The highest BCUT2D eigenvalue weighted by molar-refractivity contribution is 5.66. The highest BCUT2D eigenvalue weighted by Gasteiger charge is 2.99. The molecule has 158 valence electrons. The summed E-state index contributed by atoms with van der Waals surface area (Å²) in [7, 11) is 0. The molecule has 0 aromatic rings. The van der Waals surface area contributed by atoms with Gasteiger partial charge in [0.2, 0.25) is 0 Å². The number of aliphatic hydroxyl groups excluding tert-OH is 2. The summed E-state index contributed by atoms with van der Waals surface area (Å²) in [5, 5.41) is 47.5. The third kappa shape index (κ3) is 1.28. The topological polar surface area (TPSA) is 110 Å². The first-order valence-corrected chi connectivity index (χ1v) is 10.9. The second kappa shape index (κ2) is 4.32. The van der Waals surface area contributed by atoms with Crippen molar-refractivity contribution in [3.8, 4) is 0 Å². The zero-order valence-corrected chi connectivity index (χ0v) is 16.8. The Balaban J connectivity index is 1.52. The van der Waals surface area contributed by atoms with Crippen LogP contribution in [0.2, 0.25) is 0 Å². The molecule has 0 aromatic heterocycles. The largest absolute Gasteiger partial charge is 0.463 e. The normalized spacial score (nSPS) is 69.9. The van der Waals surface area contributed by atoms with Gasteiger partial charge < -0.3 is 25.2 Å². The van der Waals surface area contributed by atoms with Crippen LogP contribution in [0.1, 0.15) is 39.5 Å². The van der Waals surface area contributed by atoms with E-state index in [9.17, 15) is 25.2 Å². The lowest BCUT2D eigenvalue weighted by molar-refractivity contribution is -0.299. The highest BCUT2D eigenvalue weighted by atomic mass is 16.5. The lowest BCUT2D eigenvalue weighted by Gasteiger charge is -2.69. The van der Waals surface area contributed by atoms with Crippen LogP contribution in [0, 0.1) is 28.1 Å². The van der Waals surface area contributed by atoms with E-state index in [4.69, 9.17) is 4.74 Å². The Morgan fingerprint density at radius 1 is 1.24 bits per heavy atom. The molecule has 4 N–H and O–H groups in total. The zero-order valence-electron chi connectivity index (χ0n) is 16.8. The maximum absolute atomic E-state index is 12.4. The second-order valence-corrected chi connectivity index (χ2v) is 11.6. The van der Waals surface area contributed by atoms with E-state index < -0.39 is 51.6 Å². The van der Waals surface area contributed by atoms with Crippen LogP contribution in [0.3, 0.4) is 0 Å². The molecule has 0 aromatic carbocycles. The van der Waals surface area contributed by atoms with Crippen molar-refractivity contribution in [2.24, 2.45) is 28.1 Å². The number of ether oxygens (including phenoxy) is 1. The Morgan fingerprint density at radius 2 is 1.97 bits per heavy atom. The van der Waals surface area contributed by atoms with E-state index in [2.05, 4.69) is 18.4 Å². The van der Waals surface area contributed by atoms with E-state index in [0.29, 0.717) is 32.2 Å². The van der Waals surface area contributed by atoms with Gasteiger partial charge in [-0.15, -0.1) is 0 Å². The standard InChI is InChI=1S/C22H29NO6/c1-9-4-19-7-12-22(28)18(3)5-11(29-10(2)24)6-20(22)15(19)14(25)13(9)16(26)21(19,27)17(20)23(12)8-18/h11-17,25-28H,1,4-8H2,2-3H3. The third-order valence-corrected chi connectivity index (χ3v) is 10.9. The molecule has 13 unspecified atom stereocenters. The number of hydrogen-bond donors (Lipinski definition) is 4. The van der Waals surface area contributed by atoms with E-state index in [1.807, 2.05) is 0 Å². The first kappa shape index (κ1) is 17.7. The van der Waals surface area contributed by atoms with Crippen LogP contribution in [0.5, 0.6) is 0 Å². The van der Waals surface area contributed by atoms with Crippen molar-refractivity contribution in [2.75, 3.05) is 6.54 Å². The lowest BCUT2D eigenvalue weighted by atomic mass is 9.37. The van der Waals surface area contributed by atoms with E-state index in [1.165, 1.54) is 6.92 Å². The summed E-state index contributed by atoms with van der Waals surface area (Å²) in [6.45, 7) is 8.23. The monoisotopic (exact) mass is 403 g/mol. The van der Waals surface area contributed by atoms with E-state index in [1.54, 1.807) is 0 Å². The molecule has 13 atom stereocenters. The maximum atomic E-state index is 12.4. The van der Waals surface area contributed by atoms with Gasteiger partial charge in [0.1, 0.15) is 11.7 Å². The molecule has 7 heteroatoms. The fourth-order valence-corrected chi connectivity index (χ4v) is 10.8. The number of esters is 1. The number of carbonyl (C=O) groups is 1. The Kier molecular flexibility index (Phi) is 2.63. The van der Waals surface area contributed by atoms with Crippen molar-refractivity contribution < 1.29 is 30.0 Å². The van der Waals surface area contributed by atoms with Crippen molar-refractivity contribution in [1.29, 1.82) is 0 Å². The van der Waals surface area contributed by atoms with Crippen molar-refractivity contribution in [1.82, 2.24) is 4.90 Å². The maximum Gasteiger partial charge on any atom is 0.302 e. The molecule has 0 amide bonds. The molecule has 3 saturated heterocycles. The van der Waals surface area contributed by atoms with Gasteiger partial charge in [-0.25, -0.2) is 0 Å². The van der Waals surface area contributed by atoms with Gasteiger partial charge in [0.15, 0.2) is 0 Å². The van der Waals surface area contributed by atoms with Gasteiger partial charge in [0.25, 0.3) is 0 Å². The summed E-state index contributed by atoms with van der Waals surface area (Å²) in [6.07, 6.45) is -0.153. The van der Waals surface area contributed by atoms with Crippen molar-refractivity contribution in [3.05, 3.63) is 12.2 Å². The zero-order chi connectivity index (χ0) is 20.5. The summed E-state index contributed by atoms with van der Waals surface area (Å²) in [5.74, 6) is -1.26. The Bertz CT molecular complexity index is 908. The van der Waals surface area contributed by atoms with Gasteiger partial charge in [0.05, 0.1) is 23.9 Å².